The third-order valence-corrected chi connectivity index (χ3v) is 2.42. The predicted molar refractivity (Wildman–Crippen MR) is 53.5 cm³/mol. The van der Waals surface area contributed by atoms with Crippen LogP contribution in [0.25, 0.3) is 0 Å². The van der Waals surface area contributed by atoms with E-state index < -0.39 is 0 Å². The molecule has 1 saturated carbocycles. The molecule has 0 saturated heterocycles. The quantitative estimate of drug-likeness (QED) is 0.640. The fourth-order valence-electron chi connectivity index (χ4n) is 1.51. The fraction of sp³-hybridized carbons (Fsp3) is 0.700. The number of carbonyl (C=O) groups is 1. The van der Waals surface area contributed by atoms with Gasteiger partial charge in [0, 0.05) is 12.1 Å². The zero-order valence-electron chi connectivity index (χ0n) is 8.34. The number of carbonyl (C=O) groups excluding carboxylic acids is 1. The van der Waals surface area contributed by atoms with Gasteiger partial charge in [0.05, 0.1) is 0 Å². The zero-order valence-corrected chi connectivity index (χ0v) is 8.34. The second-order valence-corrected chi connectivity index (χ2v) is 3.92. The Labute approximate surface area is 79.6 Å². The Morgan fingerprint density at radius 1 is 1.62 bits per heavy atom. The number of hydrogen-bond donors (Lipinski definition) is 2. The van der Waals surface area contributed by atoms with Gasteiger partial charge < -0.3 is 10.6 Å². The molecule has 13 heavy (non-hydrogen) atoms. The second kappa shape index (κ2) is 4.30. The minimum absolute atomic E-state index is 0.0394. The molecular weight excluding hydrogens is 164 g/mol. The molecule has 0 heterocycles. The smallest absolute Gasteiger partial charge is 0.315 e. The van der Waals surface area contributed by atoms with Crippen LogP contribution in [0.15, 0.2) is 12.7 Å². The molecule has 0 aromatic carbocycles. The molecule has 0 bridgehead atoms. The topological polar surface area (TPSA) is 41.1 Å². The molecule has 2 N–H and O–H groups in total. The lowest BCUT2D eigenvalue weighted by atomic mass is 9.82. The van der Waals surface area contributed by atoms with Gasteiger partial charge in [-0.25, -0.2) is 4.79 Å². The van der Waals surface area contributed by atoms with Crippen LogP contribution in [0.2, 0.25) is 0 Å². The number of urea groups is 1. The lowest BCUT2D eigenvalue weighted by molar-refractivity contribution is 0.209. The molecule has 1 aliphatic carbocycles. The van der Waals surface area contributed by atoms with E-state index >= 15 is 0 Å². The highest BCUT2D eigenvalue weighted by molar-refractivity contribution is 5.74. The van der Waals surface area contributed by atoms with Crippen molar-refractivity contribution in [2.45, 2.75) is 38.8 Å². The molecule has 0 spiro atoms. The molecule has 1 rings (SSSR count). The molecule has 74 valence electrons. The minimum Gasteiger partial charge on any atom is -0.335 e. The van der Waals surface area contributed by atoms with Crippen molar-refractivity contribution in [1.29, 1.82) is 0 Å². The summed E-state index contributed by atoms with van der Waals surface area (Å²) >= 11 is 0. The van der Waals surface area contributed by atoms with E-state index in [9.17, 15) is 4.79 Å². The summed E-state index contributed by atoms with van der Waals surface area (Å²) in [6.45, 7) is 7.69. The first-order valence-corrected chi connectivity index (χ1v) is 4.81. The van der Waals surface area contributed by atoms with Crippen molar-refractivity contribution in [2.75, 3.05) is 0 Å². The molecule has 3 nitrogen and oxygen atoms in total. The van der Waals surface area contributed by atoms with Crippen LogP contribution >= 0.6 is 0 Å². The highest BCUT2D eigenvalue weighted by Gasteiger charge is 2.26. The van der Waals surface area contributed by atoms with Crippen molar-refractivity contribution in [1.82, 2.24) is 10.6 Å². The Morgan fingerprint density at radius 3 is 2.69 bits per heavy atom. The highest BCUT2D eigenvalue weighted by Crippen LogP contribution is 2.25. The van der Waals surface area contributed by atoms with Crippen LogP contribution in [-0.2, 0) is 0 Å². The summed E-state index contributed by atoms with van der Waals surface area (Å²) in [6.07, 6.45) is 3.93. The van der Waals surface area contributed by atoms with E-state index in [4.69, 9.17) is 0 Å². The third-order valence-electron chi connectivity index (χ3n) is 2.42. The van der Waals surface area contributed by atoms with E-state index in [-0.39, 0.29) is 12.1 Å². The predicted octanol–water partition coefficient (Wildman–Crippen LogP) is 1.66. The van der Waals surface area contributed by atoms with Gasteiger partial charge in [-0.2, -0.15) is 0 Å². The van der Waals surface area contributed by atoms with Crippen LogP contribution in [0.3, 0.4) is 0 Å². The van der Waals surface area contributed by atoms with Crippen LogP contribution in [0.5, 0.6) is 0 Å². The molecule has 0 aromatic rings. The average Bonchev–Trinajstić information content (AvgIpc) is 2.01. The van der Waals surface area contributed by atoms with Crippen molar-refractivity contribution in [3.05, 3.63) is 12.7 Å². The molecule has 1 aliphatic rings. The number of nitrogens with one attached hydrogen (secondary N) is 2. The SMILES string of the molecule is C=CC(C)NC(=O)NC1CC(C)C1. The first-order chi connectivity index (χ1) is 6.11. The van der Waals surface area contributed by atoms with E-state index in [2.05, 4.69) is 24.1 Å². The highest BCUT2D eigenvalue weighted by atomic mass is 16.2. The van der Waals surface area contributed by atoms with E-state index in [1.54, 1.807) is 6.08 Å². The minimum atomic E-state index is -0.0794. The lowest BCUT2D eigenvalue weighted by Crippen LogP contribution is -2.49. The van der Waals surface area contributed by atoms with Crippen molar-refractivity contribution in [3.63, 3.8) is 0 Å². The van der Waals surface area contributed by atoms with Crippen LogP contribution in [0.1, 0.15) is 26.7 Å². The summed E-state index contributed by atoms with van der Waals surface area (Å²) in [5.41, 5.74) is 0. The molecule has 1 fully saturated rings. The molecule has 1 unspecified atom stereocenters. The van der Waals surface area contributed by atoms with Crippen LogP contribution in [0.4, 0.5) is 4.79 Å². The number of amides is 2. The van der Waals surface area contributed by atoms with Gasteiger partial charge in [-0.05, 0) is 25.7 Å². The second-order valence-electron chi connectivity index (χ2n) is 3.92. The molecule has 2 amide bonds. The van der Waals surface area contributed by atoms with Gasteiger partial charge in [0.25, 0.3) is 0 Å². The maximum Gasteiger partial charge on any atom is 0.315 e. The third kappa shape index (κ3) is 3.09. The first-order valence-electron chi connectivity index (χ1n) is 4.81. The van der Waals surface area contributed by atoms with Crippen molar-refractivity contribution in [3.8, 4) is 0 Å². The normalized spacial score (nSPS) is 28.5. The molecular formula is C10H18N2O. The molecule has 1 atom stereocenters. The number of hydrogen-bond acceptors (Lipinski definition) is 1. The Morgan fingerprint density at radius 2 is 2.23 bits per heavy atom. The van der Waals surface area contributed by atoms with E-state index in [0.717, 1.165) is 18.8 Å². The largest absolute Gasteiger partial charge is 0.335 e. The van der Waals surface area contributed by atoms with Gasteiger partial charge in [0.1, 0.15) is 0 Å². The fourth-order valence-corrected chi connectivity index (χ4v) is 1.51. The Kier molecular flexibility index (Phi) is 3.34. The van der Waals surface area contributed by atoms with Crippen molar-refractivity contribution < 1.29 is 4.79 Å². The maximum atomic E-state index is 11.3. The molecule has 0 radical (unpaired) electrons. The average molecular weight is 182 g/mol. The molecule has 0 aliphatic heterocycles. The standard InChI is InChI=1S/C10H18N2O/c1-4-8(3)11-10(13)12-9-5-7(2)6-9/h4,7-9H,1,5-6H2,2-3H3,(H2,11,12,13). The van der Waals surface area contributed by atoms with E-state index in [0.29, 0.717) is 6.04 Å². The first kappa shape index (κ1) is 10.1. The van der Waals surface area contributed by atoms with Crippen LogP contribution in [-0.4, -0.2) is 18.1 Å². The van der Waals surface area contributed by atoms with Crippen LogP contribution < -0.4 is 10.6 Å². The van der Waals surface area contributed by atoms with Gasteiger partial charge in [-0.1, -0.05) is 13.0 Å². The summed E-state index contributed by atoms with van der Waals surface area (Å²) in [6, 6.07) is 0.341. The summed E-state index contributed by atoms with van der Waals surface area (Å²) < 4.78 is 0. The summed E-state index contributed by atoms with van der Waals surface area (Å²) in [7, 11) is 0. The van der Waals surface area contributed by atoms with Gasteiger partial charge in [-0.15, -0.1) is 6.58 Å². The summed E-state index contributed by atoms with van der Waals surface area (Å²) in [5, 5.41) is 5.69. The van der Waals surface area contributed by atoms with Crippen LogP contribution in [0, 0.1) is 5.92 Å². The van der Waals surface area contributed by atoms with Crippen molar-refractivity contribution >= 4 is 6.03 Å². The summed E-state index contributed by atoms with van der Waals surface area (Å²) in [4.78, 5) is 11.3. The Bertz CT molecular complexity index is 197. The lowest BCUT2D eigenvalue weighted by Gasteiger charge is -2.33. The zero-order chi connectivity index (χ0) is 9.84. The van der Waals surface area contributed by atoms with Crippen molar-refractivity contribution in [2.24, 2.45) is 5.92 Å². The molecule has 0 aromatic heterocycles. The molecule has 3 heteroatoms. The monoisotopic (exact) mass is 182 g/mol. The maximum absolute atomic E-state index is 11.3. The van der Waals surface area contributed by atoms with E-state index in [1.165, 1.54) is 0 Å². The van der Waals surface area contributed by atoms with Gasteiger partial charge in [0.15, 0.2) is 0 Å². The summed E-state index contributed by atoms with van der Waals surface area (Å²) in [5.74, 6) is 0.766. The van der Waals surface area contributed by atoms with Gasteiger partial charge >= 0.3 is 6.03 Å². The Hall–Kier alpha value is -0.990. The van der Waals surface area contributed by atoms with E-state index in [1.807, 2.05) is 6.92 Å². The Balaban J connectivity index is 2.14. The van der Waals surface area contributed by atoms with Gasteiger partial charge in [0.2, 0.25) is 0 Å². The number of rotatable bonds is 3. The van der Waals surface area contributed by atoms with Gasteiger partial charge in [-0.3, -0.25) is 0 Å².